The van der Waals surface area contributed by atoms with Crippen LogP contribution in [0.25, 0.3) is 10.9 Å². The van der Waals surface area contributed by atoms with E-state index in [4.69, 9.17) is 0 Å². The summed E-state index contributed by atoms with van der Waals surface area (Å²) in [7, 11) is 2.20. The molecule has 1 aromatic heterocycles. The summed E-state index contributed by atoms with van der Waals surface area (Å²) in [6, 6.07) is 6.25. The van der Waals surface area contributed by atoms with E-state index < -0.39 is 0 Å². The first-order valence-corrected chi connectivity index (χ1v) is 8.31. The third kappa shape index (κ3) is 2.57. The smallest absolute Gasteiger partial charge is 0.272 e. The third-order valence-electron chi connectivity index (χ3n) is 5.44. The van der Waals surface area contributed by atoms with Gasteiger partial charge in [-0.1, -0.05) is 6.42 Å². The van der Waals surface area contributed by atoms with Gasteiger partial charge in [0.15, 0.2) is 5.69 Å². The van der Waals surface area contributed by atoms with E-state index >= 15 is 0 Å². The number of piperidine rings is 2. The van der Waals surface area contributed by atoms with Crippen molar-refractivity contribution in [2.75, 3.05) is 7.05 Å². The normalized spacial score (nSPS) is 28.0. The second-order valence-corrected chi connectivity index (χ2v) is 6.85. The number of hydrogen-bond donors (Lipinski definition) is 3. The molecule has 6 heteroatoms. The van der Waals surface area contributed by atoms with Crippen LogP contribution in [0.5, 0.6) is 5.75 Å². The highest BCUT2D eigenvalue weighted by Crippen LogP contribution is 2.32. The average molecular weight is 314 g/mol. The Morgan fingerprint density at radius 1 is 1.35 bits per heavy atom. The Kier molecular flexibility index (Phi) is 3.49. The van der Waals surface area contributed by atoms with Gasteiger partial charge in [0.1, 0.15) is 5.75 Å². The number of aromatic hydroxyl groups is 1. The largest absolute Gasteiger partial charge is 0.508 e. The van der Waals surface area contributed by atoms with Gasteiger partial charge in [-0.05, 0) is 50.9 Å². The van der Waals surface area contributed by atoms with Crippen LogP contribution >= 0.6 is 0 Å². The molecule has 3 atom stereocenters. The molecule has 2 aromatic rings. The maximum absolute atomic E-state index is 12.6. The Hall–Kier alpha value is -2.08. The Balaban J connectivity index is 1.52. The van der Waals surface area contributed by atoms with Crippen molar-refractivity contribution in [1.82, 2.24) is 20.4 Å². The van der Waals surface area contributed by atoms with Crippen molar-refractivity contribution in [3.8, 4) is 5.75 Å². The number of H-pyrrole nitrogens is 1. The summed E-state index contributed by atoms with van der Waals surface area (Å²) in [4.78, 5) is 15.1. The van der Waals surface area contributed by atoms with Gasteiger partial charge >= 0.3 is 0 Å². The molecular weight excluding hydrogens is 292 g/mol. The zero-order chi connectivity index (χ0) is 16.0. The topological polar surface area (TPSA) is 81.2 Å². The first-order valence-electron chi connectivity index (χ1n) is 8.31. The number of fused-ring (bicyclic) bond motifs is 3. The number of aromatic nitrogens is 2. The molecule has 2 fully saturated rings. The molecule has 3 heterocycles. The predicted molar refractivity (Wildman–Crippen MR) is 87.4 cm³/mol. The number of carbonyl (C=O) groups is 1. The van der Waals surface area contributed by atoms with E-state index in [0.717, 1.165) is 18.4 Å². The van der Waals surface area contributed by atoms with Gasteiger partial charge in [0.05, 0.1) is 5.52 Å². The zero-order valence-electron chi connectivity index (χ0n) is 13.2. The highest BCUT2D eigenvalue weighted by molar-refractivity contribution is 6.05. The minimum Gasteiger partial charge on any atom is -0.508 e. The second kappa shape index (κ2) is 5.53. The summed E-state index contributed by atoms with van der Waals surface area (Å²) in [5, 5.41) is 20.4. The van der Waals surface area contributed by atoms with Crippen LogP contribution in [0, 0.1) is 0 Å². The number of phenols is 1. The summed E-state index contributed by atoms with van der Waals surface area (Å²) in [5.41, 5.74) is 1.12. The maximum Gasteiger partial charge on any atom is 0.272 e. The van der Waals surface area contributed by atoms with Gasteiger partial charge in [0.25, 0.3) is 5.91 Å². The predicted octanol–water partition coefficient (Wildman–Crippen LogP) is 2.01. The molecule has 0 radical (unpaired) electrons. The van der Waals surface area contributed by atoms with E-state index in [1.165, 1.54) is 19.3 Å². The monoisotopic (exact) mass is 314 g/mol. The number of rotatable bonds is 2. The molecule has 6 nitrogen and oxygen atoms in total. The molecule has 0 saturated carbocycles. The van der Waals surface area contributed by atoms with Gasteiger partial charge in [-0.2, -0.15) is 5.10 Å². The Morgan fingerprint density at radius 2 is 2.09 bits per heavy atom. The van der Waals surface area contributed by atoms with E-state index in [9.17, 15) is 9.90 Å². The molecule has 2 bridgehead atoms. The van der Waals surface area contributed by atoms with Crippen LogP contribution in [0.15, 0.2) is 18.2 Å². The molecule has 1 aromatic carbocycles. The zero-order valence-corrected chi connectivity index (χ0v) is 13.2. The Morgan fingerprint density at radius 3 is 2.83 bits per heavy atom. The van der Waals surface area contributed by atoms with Crippen molar-refractivity contribution in [3.63, 3.8) is 0 Å². The van der Waals surface area contributed by atoms with Crippen LogP contribution in [-0.4, -0.2) is 51.3 Å². The first kappa shape index (κ1) is 14.5. The number of hydrogen-bond acceptors (Lipinski definition) is 4. The number of carbonyl (C=O) groups excluding carboxylic acids is 1. The van der Waals surface area contributed by atoms with Crippen molar-refractivity contribution < 1.29 is 9.90 Å². The fraction of sp³-hybridized carbons (Fsp3) is 0.529. The number of amides is 1. The average Bonchev–Trinajstić information content (AvgIpc) is 2.91. The standard InChI is InChI=1S/C17H22N4O2/c1-21-11-3-2-4-12(21)8-10(7-11)18-17(23)16-14-9-13(22)5-6-15(14)19-20-16/h5-6,9-12,22H,2-4,7-8H2,1H3,(H,18,23)(H,19,20)/t10?,11-,12+. The summed E-state index contributed by atoms with van der Waals surface area (Å²) in [5.74, 6) is -0.0174. The van der Waals surface area contributed by atoms with Gasteiger partial charge in [0.2, 0.25) is 0 Å². The van der Waals surface area contributed by atoms with Crippen LogP contribution in [0.4, 0.5) is 0 Å². The van der Waals surface area contributed by atoms with Crippen LogP contribution in [0.1, 0.15) is 42.6 Å². The van der Waals surface area contributed by atoms with Gasteiger partial charge < -0.3 is 15.3 Å². The SMILES string of the molecule is CN1[C@@H]2CCC[C@H]1CC(NC(=O)c1n[nH]c3ccc(O)cc13)C2. The molecule has 4 rings (SSSR count). The fourth-order valence-electron chi connectivity index (χ4n) is 4.16. The van der Waals surface area contributed by atoms with Gasteiger partial charge in [-0.15, -0.1) is 0 Å². The lowest BCUT2D eigenvalue weighted by molar-refractivity contribution is 0.0462. The van der Waals surface area contributed by atoms with Crippen LogP contribution in [0.3, 0.4) is 0 Å². The fourth-order valence-corrected chi connectivity index (χ4v) is 4.16. The highest BCUT2D eigenvalue weighted by atomic mass is 16.3. The molecule has 2 aliphatic rings. The summed E-state index contributed by atoms with van der Waals surface area (Å²) in [6.45, 7) is 0. The lowest BCUT2D eigenvalue weighted by Gasteiger charge is -2.47. The van der Waals surface area contributed by atoms with E-state index in [2.05, 4.69) is 27.5 Å². The van der Waals surface area contributed by atoms with Crippen LogP contribution in [0.2, 0.25) is 0 Å². The molecule has 23 heavy (non-hydrogen) atoms. The van der Waals surface area contributed by atoms with E-state index in [-0.39, 0.29) is 17.7 Å². The van der Waals surface area contributed by atoms with Crippen molar-refractivity contribution in [3.05, 3.63) is 23.9 Å². The van der Waals surface area contributed by atoms with Crippen molar-refractivity contribution in [2.24, 2.45) is 0 Å². The molecule has 1 unspecified atom stereocenters. The second-order valence-electron chi connectivity index (χ2n) is 6.85. The lowest BCUT2D eigenvalue weighted by Crippen LogP contribution is -2.55. The van der Waals surface area contributed by atoms with Gasteiger partial charge in [-0.25, -0.2) is 0 Å². The van der Waals surface area contributed by atoms with Gasteiger partial charge in [0, 0.05) is 23.5 Å². The molecular formula is C17H22N4O2. The van der Waals surface area contributed by atoms with Crippen molar-refractivity contribution >= 4 is 16.8 Å². The molecule has 1 amide bonds. The van der Waals surface area contributed by atoms with Gasteiger partial charge in [-0.3, -0.25) is 9.89 Å². The summed E-state index contributed by atoms with van der Waals surface area (Å²) in [6.07, 6.45) is 5.75. The Bertz CT molecular complexity index is 727. The van der Waals surface area contributed by atoms with E-state index in [0.29, 0.717) is 23.2 Å². The van der Waals surface area contributed by atoms with Crippen LogP contribution in [-0.2, 0) is 0 Å². The number of aromatic amines is 1. The number of phenolic OH excluding ortho intramolecular Hbond substituents is 1. The minimum atomic E-state index is -0.158. The van der Waals surface area contributed by atoms with Crippen LogP contribution < -0.4 is 5.32 Å². The molecule has 0 spiro atoms. The minimum absolute atomic E-state index is 0.141. The van der Waals surface area contributed by atoms with Crippen molar-refractivity contribution in [2.45, 2.75) is 50.2 Å². The maximum atomic E-state index is 12.6. The summed E-state index contributed by atoms with van der Waals surface area (Å²) < 4.78 is 0. The number of nitrogens with one attached hydrogen (secondary N) is 2. The molecule has 2 saturated heterocycles. The lowest BCUT2D eigenvalue weighted by atomic mass is 9.82. The molecule has 2 aliphatic heterocycles. The first-order chi connectivity index (χ1) is 11.1. The number of benzene rings is 1. The summed E-state index contributed by atoms with van der Waals surface area (Å²) >= 11 is 0. The molecule has 0 aliphatic carbocycles. The third-order valence-corrected chi connectivity index (χ3v) is 5.44. The quantitative estimate of drug-likeness (QED) is 0.792. The Labute approximate surface area is 134 Å². The number of nitrogens with zero attached hydrogens (tertiary/aromatic N) is 2. The molecule has 3 N–H and O–H groups in total. The van der Waals surface area contributed by atoms with Crippen molar-refractivity contribution in [1.29, 1.82) is 0 Å². The van der Waals surface area contributed by atoms with E-state index in [1.807, 2.05) is 0 Å². The van der Waals surface area contributed by atoms with E-state index in [1.54, 1.807) is 18.2 Å². The highest BCUT2D eigenvalue weighted by Gasteiger charge is 2.36. The molecule has 122 valence electrons.